The van der Waals surface area contributed by atoms with E-state index in [2.05, 4.69) is 33.3 Å². The van der Waals surface area contributed by atoms with Crippen LogP contribution in [-0.2, 0) is 0 Å². The van der Waals surface area contributed by atoms with Crippen molar-refractivity contribution in [1.29, 1.82) is 0 Å². The quantitative estimate of drug-likeness (QED) is 0.319. The van der Waals surface area contributed by atoms with E-state index in [1.807, 2.05) is 0 Å². The first-order valence-corrected chi connectivity index (χ1v) is 4.10. The molecule has 0 heterocycles. The van der Waals surface area contributed by atoms with Gasteiger partial charge < -0.3 is 0 Å². The summed E-state index contributed by atoms with van der Waals surface area (Å²) in [7, 11) is 0. The molecule has 10 heavy (non-hydrogen) atoms. The summed E-state index contributed by atoms with van der Waals surface area (Å²) >= 11 is 0. The number of rotatable bonds is 3. The first-order chi connectivity index (χ1) is 4.62. The van der Waals surface area contributed by atoms with Gasteiger partial charge in [-0.25, -0.2) is 0 Å². The predicted molar refractivity (Wildman–Crippen MR) is 45.7 cm³/mol. The minimum absolute atomic E-state index is 0.617. The van der Waals surface area contributed by atoms with Crippen LogP contribution in [0.5, 0.6) is 0 Å². The lowest BCUT2D eigenvalue weighted by Crippen LogP contribution is -1.90. The highest BCUT2D eigenvalue weighted by Gasteiger charge is 2.49. The van der Waals surface area contributed by atoms with Crippen LogP contribution in [0.2, 0.25) is 0 Å². The van der Waals surface area contributed by atoms with E-state index < -0.39 is 0 Å². The molecule has 0 aromatic rings. The van der Waals surface area contributed by atoms with Crippen LogP contribution in [0.1, 0.15) is 40.0 Å². The van der Waals surface area contributed by atoms with Gasteiger partial charge >= 0.3 is 0 Å². The summed E-state index contributed by atoms with van der Waals surface area (Å²) in [6.07, 6.45) is 8.68. The molecule has 0 radical (unpaired) electrons. The van der Waals surface area contributed by atoms with Gasteiger partial charge in [-0.3, -0.25) is 0 Å². The highest BCUT2D eigenvalue weighted by molar-refractivity contribution is 5.08. The van der Waals surface area contributed by atoms with E-state index >= 15 is 0 Å². The summed E-state index contributed by atoms with van der Waals surface area (Å²) in [4.78, 5) is 0. The van der Waals surface area contributed by atoms with Gasteiger partial charge in [0.2, 0.25) is 0 Å². The average molecular weight is 138 g/mol. The molecule has 0 aromatic heterocycles. The second-order valence-electron chi connectivity index (χ2n) is 3.88. The second-order valence-corrected chi connectivity index (χ2v) is 3.88. The highest BCUT2D eigenvalue weighted by atomic mass is 14.7. The number of hydrogen-bond donors (Lipinski definition) is 0. The number of allylic oxidation sites excluding steroid dienone is 2. The van der Waals surface area contributed by atoms with Crippen molar-refractivity contribution in [1.82, 2.24) is 0 Å². The molecule has 0 aromatic carbocycles. The molecular weight excluding hydrogens is 121 g/mol. The van der Waals surface area contributed by atoms with E-state index in [1.165, 1.54) is 24.8 Å². The van der Waals surface area contributed by atoms with Crippen LogP contribution in [-0.4, -0.2) is 0 Å². The molecule has 1 fully saturated rings. The monoisotopic (exact) mass is 138 g/mol. The Balaban J connectivity index is 2.11. The summed E-state index contributed by atoms with van der Waals surface area (Å²) < 4.78 is 0. The van der Waals surface area contributed by atoms with Crippen LogP contribution >= 0.6 is 0 Å². The molecule has 0 N–H and O–H groups in total. The molecule has 1 aliphatic rings. The molecule has 1 aliphatic carbocycles. The lowest BCUT2D eigenvalue weighted by atomic mass is 10.0. The van der Waals surface area contributed by atoms with Crippen molar-refractivity contribution >= 4 is 0 Å². The maximum absolute atomic E-state index is 2.41. The lowest BCUT2D eigenvalue weighted by Gasteiger charge is -1.95. The summed E-state index contributed by atoms with van der Waals surface area (Å²) in [6, 6.07) is 0. The van der Waals surface area contributed by atoms with E-state index in [1.54, 1.807) is 0 Å². The summed E-state index contributed by atoms with van der Waals surface area (Å²) in [5, 5.41) is 0. The standard InChI is InChI=1S/C10H17/c1-9(2)5-4-6-10(3)7-8-10/h5,7H,4,6,8H2,1-3H3/q+1/i8+1. The Morgan fingerprint density at radius 2 is 2.20 bits per heavy atom. The molecule has 0 nitrogen and oxygen atoms in total. The summed E-state index contributed by atoms with van der Waals surface area (Å²) in [5.41, 5.74) is 2.07. The average Bonchev–Trinajstić information content (AvgIpc) is 2.47. The molecule has 0 amide bonds. The van der Waals surface area contributed by atoms with Crippen LogP contribution in [0.3, 0.4) is 0 Å². The fraction of sp³-hybridized carbons (Fsp3) is 0.700. The van der Waals surface area contributed by atoms with Crippen molar-refractivity contribution in [2.45, 2.75) is 40.0 Å². The van der Waals surface area contributed by atoms with E-state index in [0.717, 1.165) is 0 Å². The Kier molecular flexibility index (Phi) is 2.08. The molecule has 0 aliphatic heterocycles. The zero-order valence-corrected chi connectivity index (χ0v) is 7.28. The first kappa shape index (κ1) is 7.71. The molecule has 56 valence electrons. The van der Waals surface area contributed by atoms with Gasteiger partial charge in [0.25, 0.3) is 0 Å². The minimum Gasteiger partial charge on any atom is -0.0857 e. The van der Waals surface area contributed by atoms with Gasteiger partial charge in [-0.05, 0) is 27.2 Å². The third-order valence-corrected chi connectivity index (χ3v) is 2.17. The van der Waals surface area contributed by atoms with Crippen LogP contribution in [0.15, 0.2) is 11.6 Å². The minimum atomic E-state index is 0.617. The SMILES string of the molecule is CC(C)=CCCC1(C)[CH+][13CH2]1. The number of hydrogen-bond acceptors (Lipinski definition) is 0. The molecule has 0 heteroatoms. The van der Waals surface area contributed by atoms with Crippen molar-refractivity contribution in [3.63, 3.8) is 0 Å². The predicted octanol–water partition coefficient (Wildman–Crippen LogP) is 3.35. The maximum Gasteiger partial charge on any atom is 0.145 e. The van der Waals surface area contributed by atoms with Crippen LogP contribution in [0.4, 0.5) is 0 Å². The van der Waals surface area contributed by atoms with Gasteiger partial charge in [0.05, 0.1) is 6.42 Å². The third kappa shape index (κ3) is 2.47. The van der Waals surface area contributed by atoms with E-state index in [4.69, 9.17) is 0 Å². The van der Waals surface area contributed by atoms with E-state index in [-0.39, 0.29) is 0 Å². The third-order valence-electron chi connectivity index (χ3n) is 2.17. The van der Waals surface area contributed by atoms with Crippen molar-refractivity contribution in [2.24, 2.45) is 5.41 Å². The van der Waals surface area contributed by atoms with Crippen LogP contribution < -0.4 is 0 Å². The molecule has 1 atom stereocenters. The molecule has 1 rings (SSSR count). The van der Waals surface area contributed by atoms with Gasteiger partial charge in [0, 0.05) is 6.42 Å². The zero-order chi connectivity index (χ0) is 7.61. The topological polar surface area (TPSA) is 0 Å². The van der Waals surface area contributed by atoms with Crippen LogP contribution in [0.25, 0.3) is 0 Å². The molecule has 0 saturated heterocycles. The van der Waals surface area contributed by atoms with E-state index in [9.17, 15) is 0 Å². The maximum atomic E-state index is 2.41. The summed E-state index contributed by atoms with van der Waals surface area (Å²) in [6.45, 7) is 6.67. The van der Waals surface area contributed by atoms with Crippen molar-refractivity contribution in [3.8, 4) is 0 Å². The van der Waals surface area contributed by atoms with Gasteiger partial charge in [-0.15, -0.1) is 0 Å². The van der Waals surface area contributed by atoms with Crippen molar-refractivity contribution in [2.75, 3.05) is 0 Å². The summed E-state index contributed by atoms with van der Waals surface area (Å²) in [5.74, 6) is 0. The smallest absolute Gasteiger partial charge is 0.0857 e. The Hall–Kier alpha value is -0.390. The van der Waals surface area contributed by atoms with E-state index in [0.29, 0.717) is 5.41 Å². The zero-order valence-electron chi connectivity index (χ0n) is 7.28. The Morgan fingerprint density at radius 3 is 2.60 bits per heavy atom. The van der Waals surface area contributed by atoms with Gasteiger partial charge in [0.15, 0.2) is 0 Å². The second kappa shape index (κ2) is 2.69. The highest BCUT2D eigenvalue weighted by Crippen LogP contribution is 2.47. The van der Waals surface area contributed by atoms with Gasteiger partial charge in [-0.1, -0.05) is 11.6 Å². The normalized spacial score (nSPS) is 29.1. The Bertz CT molecular complexity index is 134. The molecular formula is C10H17+. The fourth-order valence-corrected chi connectivity index (χ4v) is 1.07. The van der Waals surface area contributed by atoms with Gasteiger partial charge in [-0.2, -0.15) is 0 Å². The Morgan fingerprint density at radius 1 is 1.60 bits per heavy atom. The van der Waals surface area contributed by atoms with Crippen molar-refractivity contribution < 1.29 is 0 Å². The molecule has 0 bridgehead atoms. The molecule has 1 unspecified atom stereocenters. The largest absolute Gasteiger partial charge is 0.145 e. The van der Waals surface area contributed by atoms with Gasteiger partial charge in [0.1, 0.15) is 11.8 Å². The molecule has 1 saturated carbocycles. The Labute approximate surface area is 64.3 Å². The molecule has 0 spiro atoms. The van der Waals surface area contributed by atoms with Crippen LogP contribution in [0, 0.1) is 11.8 Å². The lowest BCUT2D eigenvalue weighted by molar-refractivity contribution is 0.548. The first-order valence-electron chi connectivity index (χ1n) is 4.10. The fourth-order valence-electron chi connectivity index (χ4n) is 1.07. The van der Waals surface area contributed by atoms with Crippen molar-refractivity contribution in [3.05, 3.63) is 18.1 Å².